The molecule has 0 amide bonds. The molecule has 2 fully saturated rings. The van der Waals surface area contributed by atoms with Gasteiger partial charge in [-0.05, 0) is 52.6 Å². The number of hydrogen-bond donors (Lipinski definition) is 1. The SMILES string of the molecule is CC1(C)OB(C(F)=C(CN2CCCC(O)C2)c2ccccc2)OC1(C)C. The first kappa shape index (κ1) is 19.6. The van der Waals surface area contributed by atoms with Gasteiger partial charge in [0.25, 0.3) is 0 Å². The van der Waals surface area contributed by atoms with Crippen molar-refractivity contribution < 1.29 is 18.8 Å². The highest BCUT2D eigenvalue weighted by atomic mass is 19.1. The van der Waals surface area contributed by atoms with Gasteiger partial charge in [-0.1, -0.05) is 30.3 Å². The number of likely N-dealkylation sites (tertiary alicyclic amines) is 1. The minimum atomic E-state index is -1.01. The standard InChI is InChI=1S/C20H29BFNO3/c1-19(2)20(3,4)26-21(25-19)18(22)17(15-9-6-5-7-10-15)14-23-12-8-11-16(24)13-23/h5-7,9-10,16,24H,8,11-14H2,1-4H3. The average molecular weight is 361 g/mol. The minimum absolute atomic E-state index is 0.347. The molecular weight excluding hydrogens is 332 g/mol. The third-order valence-corrected chi connectivity index (χ3v) is 5.73. The fraction of sp³-hybridized carbons (Fsp3) is 0.600. The van der Waals surface area contributed by atoms with E-state index in [1.165, 1.54) is 0 Å². The number of halogens is 1. The van der Waals surface area contributed by atoms with E-state index in [-0.39, 0.29) is 11.8 Å². The summed E-state index contributed by atoms with van der Waals surface area (Å²) in [5, 5.41) is 9.95. The van der Waals surface area contributed by atoms with Crippen LogP contribution in [0.3, 0.4) is 0 Å². The van der Waals surface area contributed by atoms with E-state index in [2.05, 4.69) is 4.90 Å². The van der Waals surface area contributed by atoms with Crippen molar-refractivity contribution in [2.24, 2.45) is 0 Å². The average Bonchev–Trinajstić information content (AvgIpc) is 2.81. The van der Waals surface area contributed by atoms with E-state index in [9.17, 15) is 5.11 Å². The Balaban J connectivity index is 1.91. The molecule has 2 aliphatic rings. The van der Waals surface area contributed by atoms with Crippen LogP contribution in [0.25, 0.3) is 5.57 Å². The summed E-state index contributed by atoms with van der Waals surface area (Å²) >= 11 is 0. The number of aliphatic hydroxyl groups excluding tert-OH is 1. The normalized spacial score (nSPS) is 26.7. The first-order chi connectivity index (χ1) is 12.2. The number of hydrogen-bond acceptors (Lipinski definition) is 4. The maximum absolute atomic E-state index is 15.5. The van der Waals surface area contributed by atoms with Crippen molar-refractivity contribution in [2.45, 2.75) is 57.8 Å². The zero-order valence-electron chi connectivity index (χ0n) is 16.2. The molecule has 1 N–H and O–H groups in total. The van der Waals surface area contributed by atoms with Crippen molar-refractivity contribution in [3.05, 3.63) is 41.6 Å². The van der Waals surface area contributed by atoms with E-state index >= 15 is 4.39 Å². The van der Waals surface area contributed by atoms with Crippen molar-refractivity contribution in [3.8, 4) is 0 Å². The van der Waals surface area contributed by atoms with Crippen molar-refractivity contribution in [1.29, 1.82) is 0 Å². The summed E-state index contributed by atoms with van der Waals surface area (Å²) in [6, 6.07) is 9.52. The predicted octanol–water partition coefficient (Wildman–Crippen LogP) is 3.46. The zero-order chi connectivity index (χ0) is 18.9. The summed E-state index contributed by atoms with van der Waals surface area (Å²) in [4.78, 5) is 2.10. The Morgan fingerprint density at radius 2 is 1.81 bits per heavy atom. The molecule has 2 saturated heterocycles. The summed E-state index contributed by atoms with van der Waals surface area (Å²) in [5.41, 5.74) is -0.163. The predicted molar refractivity (Wildman–Crippen MR) is 102 cm³/mol. The van der Waals surface area contributed by atoms with Crippen LogP contribution < -0.4 is 0 Å². The van der Waals surface area contributed by atoms with E-state index in [4.69, 9.17) is 9.31 Å². The summed E-state index contributed by atoms with van der Waals surface area (Å²) in [6.07, 6.45) is 1.38. The van der Waals surface area contributed by atoms with Crippen LogP contribution in [0.4, 0.5) is 4.39 Å². The molecule has 142 valence electrons. The van der Waals surface area contributed by atoms with E-state index in [0.717, 1.165) is 24.9 Å². The quantitative estimate of drug-likeness (QED) is 0.835. The smallest absolute Gasteiger partial charge is 0.398 e. The van der Waals surface area contributed by atoms with Gasteiger partial charge in [0.05, 0.1) is 17.3 Å². The van der Waals surface area contributed by atoms with Crippen LogP contribution in [0.15, 0.2) is 36.1 Å². The van der Waals surface area contributed by atoms with Crippen LogP contribution in [0.1, 0.15) is 46.1 Å². The van der Waals surface area contributed by atoms with Crippen molar-refractivity contribution in [3.63, 3.8) is 0 Å². The highest BCUT2D eigenvalue weighted by molar-refractivity contribution is 6.55. The molecule has 6 heteroatoms. The molecule has 1 unspecified atom stereocenters. The van der Waals surface area contributed by atoms with Gasteiger partial charge in [-0.3, -0.25) is 4.90 Å². The summed E-state index contributed by atoms with van der Waals surface area (Å²) in [5.74, 6) is 0. The number of aliphatic hydroxyl groups is 1. The first-order valence-electron chi connectivity index (χ1n) is 9.39. The van der Waals surface area contributed by atoms with E-state index in [0.29, 0.717) is 18.7 Å². The lowest BCUT2D eigenvalue weighted by atomic mass is 9.82. The van der Waals surface area contributed by atoms with Crippen LogP contribution in [0.2, 0.25) is 0 Å². The monoisotopic (exact) mass is 361 g/mol. The highest BCUT2D eigenvalue weighted by Crippen LogP contribution is 2.40. The highest BCUT2D eigenvalue weighted by Gasteiger charge is 2.53. The van der Waals surface area contributed by atoms with Gasteiger partial charge < -0.3 is 14.4 Å². The van der Waals surface area contributed by atoms with E-state index in [1.807, 2.05) is 58.0 Å². The Hall–Kier alpha value is -1.21. The fourth-order valence-corrected chi connectivity index (χ4v) is 3.43. The summed E-state index contributed by atoms with van der Waals surface area (Å²) < 4.78 is 27.4. The second-order valence-corrected chi connectivity index (χ2v) is 8.31. The molecule has 0 aliphatic carbocycles. The first-order valence-corrected chi connectivity index (χ1v) is 9.39. The second-order valence-electron chi connectivity index (χ2n) is 8.31. The fourth-order valence-electron chi connectivity index (χ4n) is 3.43. The molecule has 0 bridgehead atoms. The van der Waals surface area contributed by atoms with Crippen molar-refractivity contribution in [1.82, 2.24) is 4.90 Å². The van der Waals surface area contributed by atoms with Gasteiger partial charge >= 0.3 is 7.12 Å². The third kappa shape index (κ3) is 4.04. The van der Waals surface area contributed by atoms with Crippen LogP contribution in [0.5, 0.6) is 0 Å². The van der Waals surface area contributed by atoms with Crippen LogP contribution in [0, 0.1) is 0 Å². The Morgan fingerprint density at radius 1 is 1.19 bits per heavy atom. The minimum Gasteiger partial charge on any atom is -0.398 e. The molecule has 0 saturated carbocycles. The number of nitrogens with zero attached hydrogens (tertiary/aromatic N) is 1. The lowest BCUT2D eigenvalue weighted by Gasteiger charge is -2.32. The number of piperidine rings is 1. The molecule has 2 heterocycles. The lowest BCUT2D eigenvalue weighted by molar-refractivity contribution is 0.00578. The molecule has 3 rings (SSSR count). The second kappa shape index (κ2) is 7.43. The summed E-state index contributed by atoms with van der Waals surface area (Å²) in [6.45, 7) is 9.52. The maximum Gasteiger partial charge on any atom is 0.525 e. The topological polar surface area (TPSA) is 41.9 Å². The number of benzene rings is 1. The molecular formula is C20H29BFNO3. The molecule has 1 atom stereocenters. The van der Waals surface area contributed by atoms with Gasteiger partial charge in [-0.25, -0.2) is 4.39 Å². The Labute approximate surface area is 156 Å². The van der Waals surface area contributed by atoms with Gasteiger partial charge in [-0.15, -0.1) is 0 Å². The summed E-state index contributed by atoms with van der Waals surface area (Å²) in [7, 11) is -1.01. The van der Waals surface area contributed by atoms with Crippen LogP contribution >= 0.6 is 0 Å². The number of β-amino-alcohol motifs (C(OH)–C–C–N with tert-alkyl or cyclic N) is 1. The van der Waals surface area contributed by atoms with Gasteiger partial charge in [0.1, 0.15) is 5.73 Å². The molecule has 1 aromatic rings. The van der Waals surface area contributed by atoms with Crippen LogP contribution in [-0.2, 0) is 9.31 Å². The molecule has 1 aromatic carbocycles. The molecule has 0 radical (unpaired) electrons. The molecule has 2 aliphatic heterocycles. The van der Waals surface area contributed by atoms with Gasteiger partial charge in [0.15, 0.2) is 0 Å². The molecule has 4 nitrogen and oxygen atoms in total. The van der Waals surface area contributed by atoms with Crippen molar-refractivity contribution in [2.75, 3.05) is 19.6 Å². The zero-order valence-corrected chi connectivity index (χ0v) is 16.2. The Bertz CT molecular complexity index is 646. The Kier molecular flexibility index (Phi) is 5.59. The molecule has 0 aromatic heterocycles. The number of rotatable bonds is 4. The Morgan fingerprint density at radius 3 is 2.38 bits per heavy atom. The van der Waals surface area contributed by atoms with Crippen LogP contribution in [-0.4, -0.2) is 54.1 Å². The van der Waals surface area contributed by atoms with Gasteiger partial charge in [0, 0.05) is 18.7 Å². The van der Waals surface area contributed by atoms with Crippen molar-refractivity contribution >= 4 is 12.7 Å². The molecule has 26 heavy (non-hydrogen) atoms. The molecule has 0 spiro atoms. The van der Waals surface area contributed by atoms with Gasteiger partial charge in [-0.2, -0.15) is 0 Å². The largest absolute Gasteiger partial charge is 0.525 e. The third-order valence-electron chi connectivity index (χ3n) is 5.73. The van der Waals surface area contributed by atoms with E-state index in [1.54, 1.807) is 0 Å². The van der Waals surface area contributed by atoms with Gasteiger partial charge in [0.2, 0.25) is 0 Å². The maximum atomic E-state index is 15.5. The lowest BCUT2D eigenvalue weighted by Crippen LogP contribution is -2.41. The van der Waals surface area contributed by atoms with E-state index < -0.39 is 18.3 Å².